The molecule has 0 saturated carbocycles. The van der Waals surface area contributed by atoms with Crippen molar-refractivity contribution in [3.8, 4) is 0 Å². The summed E-state index contributed by atoms with van der Waals surface area (Å²) in [5.41, 5.74) is 4.49. The Balaban J connectivity index is 3.26. The van der Waals surface area contributed by atoms with Gasteiger partial charge in [0.05, 0.1) is 0 Å². The molecule has 1 saturated heterocycles. The number of amides is 1. The number of rotatable bonds is 3. The van der Waals surface area contributed by atoms with Gasteiger partial charge in [-0.05, 0) is 19.4 Å². The Bertz CT molecular complexity index is 370. The van der Waals surface area contributed by atoms with Crippen LogP contribution in [0.15, 0.2) is 36.1 Å². The Labute approximate surface area is 95.1 Å². The van der Waals surface area contributed by atoms with E-state index in [1.807, 2.05) is 0 Å². The first kappa shape index (κ1) is 12.5. The zero-order valence-corrected chi connectivity index (χ0v) is 9.56. The minimum Gasteiger partial charge on any atom is -0.474 e. The van der Waals surface area contributed by atoms with E-state index in [2.05, 4.69) is 6.58 Å². The number of primary amides is 1. The van der Waals surface area contributed by atoms with E-state index >= 15 is 0 Å². The number of aliphatic hydroxyl groups is 1. The monoisotopic (exact) mass is 223 g/mol. The third-order valence-corrected chi connectivity index (χ3v) is 2.81. The normalized spacial score (nSPS) is 34.1. The molecule has 1 aliphatic heterocycles. The molecule has 0 aromatic heterocycles. The van der Waals surface area contributed by atoms with Gasteiger partial charge in [-0.15, -0.1) is 0 Å². The van der Waals surface area contributed by atoms with Crippen LogP contribution in [0.4, 0.5) is 0 Å². The number of hydrogen-bond acceptors (Lipinski definition) is 3. The minimum atomic E-state index is -1.35. The van der Waals surface area contributed by atoms with Gasteiger partial charge in [-0.1, -0.05) is 25.7 Å². The van der Waals surface area contributed by atoms with Gasteiger partial charge in [0.15, 0.2) is 0 Å². The summed E-state index contributed by atoms with van der Waals surface area (Å²) in [4.78, 5) is 11.4. The second-order valence-corrected chi connectivity index (χ2v) is 3.62. The summed E-state index contributed by atoms with van der Waals surface area (Å²) in [6, 6.07) is 0. The fourth-order valence-electron chi connectivity index (χ4n) is 1.85. The third kappa shape index (κ3) is 1.65. The van der Waals surface area contributed by atoms with E-state index in [1.54, 1.807) is 26.0 Å². The molecule has 3 N–H and O–H groups in total. The molecule has 0 radical (unpaired) electrons. The largest absolute Gasteiger partial charge is 0.474 e. The first-order valence-electron chi connectivity index (χ1n) is 5.19. The summed E-state index contributed by atoms with van der Waals surface area (Å²) >= 11 is 0. The molecule has 0 aromatic carbocycles. The Kier molecular flexibility index (Phi) is 3.55. The molecule has 0 aliphatic carbocycles. The van der Waals surface area contributed by atoms with Crippen molar-refractivity contribution in [1.82, 2.24) is 0 Å². The fourth-order valence-corrected chi connectivity index (χ4v) is 1.85. The molecule has 0 spiro atoms. The van der Waals surface area contributed by atoms with Gasteiger partial charge < -0.3 is 15.6 Å². The van der Waals surface area contributed by atoms with E-state index in [4.69, 9.17) is 10.5 Å². The first-order valence-corrected chi connectivity index (χ1v) is 5.19. The highest BCUT2D eigenvalue weighted by molar-refractivity contribution is 5.86. The average molecular weight is 223 g/mol. The van der Waals surface area contributed by atoms with E-state index in [-0.39, 0.29) is 0 Å². The highest BCUT2D eigenvalue weighted by Gasteiger charge is 2.52. The molecule has 1 aliphatic rings. The zero-order valence-electron chi connectivity index (χ0n) is 9.56. The Hall–Kier alpha value is -1.55. The summed E-state index contributed by atoms with van der Waals surface area (Å²) in [6.45, 7) is 7.08. The number of carbonyl (C=O) groups excluding carboxylic acids is 1. The Morgan fingerprint density at radius 2 is 2.38 bits per heavy atom. The molecule has 0 aromatic rings. The second-order valence-electron chi connectivity index (χ2n) is 3.62. The Morgan fingerprint density at radius 3 is 2.75 bits per heavy atom. The molecule has 1 amide bonds. The summed E-state index contributed by atoms with van der Waals surface area (Å²) < 4.78 is 5.51. The number of allylic oxidation sites excluding steroid dienone is 3. The SMILES string of the molecule is C=C/C=C1\C(=C/C)OC(CC)(C(N)=O)C1O. The van der Waals surface area contributed by atoms with Crippen LogP contribution in [0.5, 0.6) is 0 Å². The van der Waals surface area contributed by atoms with Crippen LogP contribution in [0.1, 0.15) is 20.3 Å². The van der Waals surface area contributed by atoms with Gasteiger partial charge in [0.2, 0.25) is 5.60 Å². The van der Waals surface area contributed by atoms with Gasteiger partial charge in [-0.3, -0.25) is 4.79 Å². The van der Waals surface area contributed by atoms with Crippen LogP contribution in [-0.2, 0) is 9.53 Å². The van der Waals surface area contributed by atoms with Crippen molar-refractivity contribution in [2.24, 2.45) is 5.73 Å². The number of ether oxygens (including phenoxy) is 1. The van der Waals surface area contributed by atoms with Crippen LogP contribution in [0, 0.1) is 0 Å². The van der Waals surface area contributed by atoms with E-state index in [1.165, 1.54) is 6.08 Å². The van der Waals surface area contributed by atoms with Crippen LogP contribution in [0.3, 0.4) is 0 Å². The molecule has 88 valence electrons. The molecular weight excluding hydrogens is 206 g/mol. The molecule has 2 atom stereocenters. The quantitative estimate of drug-likeness (QED) is 0.750. The van der Waals surface area contributed by atoms with Crippen LogP contribution < -0.4 is 5.73 Å². The van der Waals surface area contributed by atoms with Crippen molar-refractivity contribution in [1.29, 1.82) is 0 Å². The average Bonchev–Trinajstić information content (AvgIpc) is 2.54. The van der Waals surface area contributed by atoms with Crippen molar-refractivity contribution in [2.45, 2.75) is 32.0 Å². The lowest BCUT2D eigenvalue weighted by Gasteiger charge is -2.26. The molecule has 0 bridgehead atoms. The molecule has 1 fully saturated rings. The predicted molar refractivity (Wildman–Crippen MR) is 61.3 cm³/mol. The predicted octanol–water partition coefficient (Wildman–Crippen LogP) is 1.03. The van der Waals surface area contributed by atoms with Gasteiger partial charge in [0, 0.05) is 5.57 Å². The van der Waals surface area contributed by atoms with Crippen molar-refractivity contribution < 1.29 is 14.6 Å². The Morgan fingerprint density at radius 1 is 1.75 bits per heavy atom. The van der Waals surface area contributed by atoms with Crippen LogP contribution in [0.25, 0.3) is 0 Å². The topological polar surface area (TPSA) is 72.5 Å². The maximum Gasteiger partial charge on any atom is 0.264 e. The maximum atomic E-state index is 11.4. The molecule has 4 heteroatoms. The summed E-state index contributed by atoms with van der Waals surface area (Å²) in [7, 11) is 0. The van der Waals surface area contributed by atoms with E-state index in [0.717, 1.165) is 0 Å². The summed E-state index contributed by atoms with van der Waals surface area (Å²) in [5, 5.41) is 10.1. The van der Waals surface area contributed by atoms with E-state index in [9.17, 15) is 9.90 Å². The molecule has 4 nitrogen and oxygen atoms in total. The van der Waals surface area contributed by atoms with Crippen molar-refractivity contribution in [2.75, 3.05) is 0 Å². The van der Waals surface area contributed by atoms with Gasteiger partial charge in [0.1, 0.15) is 11.9 Å². The number of aliphatic hydroxyl groups excluding tert-OH is 1. The van der Waals surface area contributed by atoms with Gasteiger partial charge >= 0.3 is 0 Å². The lowest BCUT2D eigenvalue weighted by molar-refractivity contribution is -0.143. The smallest absolute Gasteiger partial charge is 0.264 e. The van der Waals surface area contributed by atoms with Crippen LogP contribution in [-0.4, -0.2) is 22.7 Å². The van der Waals surface area contributed by atoms with Crippen molar-refractivity contribution in [3.05, 3.63) is 36.1 Å². The van der Waals surface area contributed by atoms with E-state index in [0.29, 0.717) is 17.8 Å². The zero-order chi connectivity index (χ0) is 12.3. The third-order valence-electron chi connectivity index (χ3n) is 2.81. The first-order chi connectivity index (χ1) is 7.53. The van der Waals surface area contributed by atoms with Gasteiger partial charge in [-0.25, -0.2) is 0 Å². The minimum absolute atomic E-state index is 0.315. The molecule has 16 heavy (non-hydrogen) atoms. The van der Waals surface area contributed by atoms with Gasteiger partial charge in [-0.2, -0.15) is 0 Å². The lowest BCUT2D eigenvalue weighted by atomic mass is 9.90. The standard InChI is InChI=1S/C12H17NO3/c1-4-7-8-9(5-2)16-12(6-3,10(8)14)11(13)15/h4-5,7,10,14H,1,6H2,2-3H3,(H2,13,15)/b8-7+,9-5+. The highest BCUT2D eigenvalue weighted by Crippen LogP contribution is 2.39. The summed E-state index contributed by atoms with van der Waals surface area (Å²) in [5.74, 6) is -0.178. The lowest BCUT2D eigenvalue weighted by Crippen LogP contribution is -2.50. The fraction of sp³-hybridized carbons (Fsp3) is 0.417. The summed E-state index contributed by atoms with van der Waals surface area (Å²) in [6.07, 6.45) is 4.13. The van der Waals surface area contributed by atoms with E-state index < -0.39 is 17.6 Å². The van der Waals surface area contributed by atoms with Crippen molar-refractivity contribution in [3.63, 3.8) is 0 Å². The van der Waals surface area contributed by atoms with Gasteiger partial charge in [0.25, 0.3) is 5.91 Å². The highest BCUT2D eigenvalue weighted by atomic mass is 16.5. The number of carbonyl (C=O) groups is 1. The molecular formula is C12H17NO3. The van der Waals surface area contributed by atoms with Crippen LogP contribution in [0.2, 0.25) is 0 Å². The number of nitrogens with two attached hydrogens (primary N) is 1. The molecule has 1 heterocycles. The second kappa shape index (κ2) is 4.53. The molecule has 2 unspecified atom stereocenters. The molecule has 1 rings (SSSR count). The maximum absolute atomic E-state index is 11.4. The van der Waals surface area contributed by atoms with Crippen LogP contribution >= 0.6 is 0 Å². The van der Waals surface area contributed by atoms with Crippen molar-refractivity contribution >= 4 is 5.91 Å². The number of hydrogen-bond donors (Lipinski definition) is 2.